The molecule has 3 rings (SSSR count). The van der Waals surface area contributed by atoms with Crippen LogP contribution < -0.4 is 5.32 Å². The molecule has 0 radical (unpaired) electrons. The standard InChI is InChI=1S/C17H22N4O.2C2H6/c1-12(11-16(22)18-14-7-4-3-5-8-14)17-13(2)21(20-19-17)15-9-6-10-15;2*1-2/h3-5,7-8,12,15H,6,9-11H2,1-2H3,(H,18,22);2*1-2H3/t12-;;/m0../s1. The molecule has 144 valence electrons. The number of benzene rings is 1. The summed E-state index contributed by atoms with van der Waals surface area (Å²) in [7, 11) is 0. The Morgan fingerprint density at radius 1 is 1.19 bits per heavy atom. The number of para-hydroxylation sites is 1. The molecule has 26 heavy (non-hydrogen) atoms. The molecular formula is C21H34N4O. The second kappa shape index (κ2) is 11.4. The first-order chi connectivity index (χ1) is 12.6. The molecule has 1 aromatic carbocycles. The number of aromatic nitrogens is 3. The predicted octanol–water partition coefficient (Wildman–Crippen LogP) is 5.50. The van der Waals surface area contributed by atoms with E-state index in [0.29, 0.717) is 12.5 Å². The fourth-order valence-electron chi connectivity index (χ4n) is 2.89. The first kappa shape index (κ1) is 21.9. The highest BCUT2D eigenvalue weighted by atomic mass is 16.1. The summed E-state index contributed by atoms with van der Waals surface area (Å²) in [6.45, 7) is 12.1. The fraction of sp³-hybridized carbons (Fsp3) is 0.571. The van der Waals surface area contributed by atoms with Crippen LogP contribution in [0.25, 0.3) is 0 Å². The average Bonchev–Trinajstić information content (AvgIpc) is 2.99. The maximum absolute atomic E-state index is 12.1. The lowest BCUT2D eigenvalue weighted by Crippen LogP contribution is -2.19. The molecule has 1 aliphatic rings. The molecule has 1 aliphatic carbocycles. The Bertz CT molecular complexity index is 647. The number of carbonyl (C=O) groups is 1. The lowest BCUT2D eigenvalue weighted by Gasteiger charge is -2.26. The number of hydrogen-bond acceptors (Lipinski definition) is 3. The Kier molecular flexibility index (Phi) is 9.63. The summed E-state index contributed by atoms with van der Waals surface area (Å²) < 4.78 is 2.03. The second-order valence-corrected chi connectivity index (χ2v) is 6.11. The number of amides is 1. The maximum Gasteiger partial charge on any atom is 0.225 e. The van der Waals surface area contributed by atoms with Crippen LogP contribution in [0.1, 0.15) is 83.6 Å². The monoisotopic (exact) mass is 358 g/mol. The molecule has 1 fully saturated rings. The summed E-state index contributed by atoms with van der Waals surface area (Å²) in [5, 5.41) is 11.5. The van der Waals surface area contributed by atoms with Crippen molar-refractivity contribution in [2.75, 3.05) is 5.32 Å². The van der Waals surface area contributed by atoms with Gasteiger partial charge in [-0.25, -0.2) is 4.68 Å². The van der Waals surface area contributed by atoms with Crippen molar-refractivity contribution >= 4 is 11.6 Å². The van der Waals surface area contributed by atoms with E-state index in [-0.39, 0.29) is 11.8 Å². The third-order valence-corrected chi connectivity index (χ3v) is 4.40. The summed E-state index contributed by atoms with van der Waals surface area (Å²) in [6.07, 6.45) is 4.06. The Morgan fingerprint density at radius 2 is 1.81 bits per heavy atom. The van der Waals surface area contributed by atoms with Gasteiger partial charge < -0.3 is 5.32 Å². The number of nitrogens with one attached hydrogen (secondary N) is 1. The van der Waals surface area contributed by atoms with Crippen molar-refractivity contribution in [3.63, 3.8) is 0 Å². The summed E-state index contributed by atoms with van der Waals surface area (Å²) in [6, 6.07) is 10.0. The van der Waals surface area contributed by atoms with Crippen molar-refractivity contribution in [2.45, 2.75) is 79.2 Å². The van der Waals surface area contributed by atoms with Gasteiger partial charge in [0.25, 0.3) is 0 Å². The van der Waals surface area contributed by atoms with Crippen molar-refractivity contribution in [3.05, 3.63) is 41.7 Å². The quantitative estimate of drug-likeness (QED) is 0.768. The molecule has 0 saturated heterocycles. The summed E-state index contributed by atoms with van der Waals surface area (Å²) in [5.41, 5.74) is 2.87. The zero-order valence-electron chi connectivity index (χ0n) is 17.1. The minimum atomic E-state index is 0.0105. The van der Waals surface area contributed by atoms with Crippen molar-refractivity contribution in [1.29, 1.82) is 0 Å². The molecule has 1 aromatic heterocycles. The van der Waals surface area contributed by atoms with Crippen LogP contribution in [0.3, 0.4) is 0 Å². The van der Waals surface area contributed by atoms with E-state index < -0.39 is 0 Å². The lowest BCUT2D eigenvalue weighted by atomic mass is 9.93. The van der Waals surface area contributed by atoms with Crippen LogP contribution in [0.5, 0.6) is 0 Å². The Hall–Kier alpha value is -2.17. The topological polar surface area (TPSA) is 59.8 Å². The van der Waals surface area contributed by atoms with Gasteiger partial charge in [0.1, 0.15) is 0 Å². The highest BCUT2D eigenvalue weighted by Gasteiger charge is 2.25. The van der Waals surface area contributed by atoms with E-state index >= 15 is 0 Å². The van der Waals surface area contributed by atoms with Gasteiger partial charge in [-0.15, -0.1) is 5.10 Å². The molecule has 0 bridgehead atoms. The molecule has 1 N–H and O–H groups in total. The third kappa shape index (κ3) is 5.68. The molecule has 2 aromatic rings. The van der Waals surface area contributed by atoms with Crippen LogP contribution in [0.15, 0.2) is 30.3 Å². The van der Waals surface area contributed by atoms with Gasteiger partial charge >= 0.3 is 0 Å². The summed E-state index contributed by atoms with van der Waals surface area (Å²) in [5.74, 6) is 0.0776. The van der Waals surface area contributed by atoms with Crippen molar-refractivity contribution in [3.8, 4) is 0 Å². The highest BCUT2D eigenvalue weighted by Crippen LogP contribution is 2.33. The van der Waals surface area contributed by atoms with Crippen LogP contribution in [0.4, 0.5) is 5.69 Å². The van der Waals surface area contributed by atoms with E-state index in [1.54, 1.807) is 0 Å². The molecule has 1 saturated carbocycles. The van der Waals surface area contributed by atoms with Crippen molar-refractivity contribution < 1.29 is 4.79 Å². The van der Waals surface area contributed by atoms with Gasteiger partial charge in [0.05, 0.1) is 17.4 Å². The van der Waals surface area contributed by atoms with Gasteiger partial charge in [0, 0.05) is 18.0 Å². The second-order valence-electron chi connectivity index (χ2n) is 6.11. The Morgan fingerprint density at radius 3 is 2.35 bits per heavy atom. The van der Waals surface area contributed by atoms with Gasteiger partial charge in [-0.2, -0.15) is 0 Å². The van der Waals surface area contributed by atoms with Gasteiger partial charge in [0.2, 0.25) is 5.91 Å². The SMILES string of the molecule is CC.CC.Cc1c([C@@H](C)CC(=O)Nc2ccccc2)nnn1C1CCC1. The van der Waals surface area contributed by atoms with E-state index in [4.69, 9.17) is 0 Å². The zero-order chi connectivity index (χ0) is 19.5. The van der Waals surface area contributed by atoms with E-state index in [1.807, 2.05) is 69.6 Å². The van der Waals surface area contributed by atoms with E-state index in [1.165, 1.54) is 19.3 Å². The highest BCUT2D eigenvalue weighted by molar-refractivity contribution is 5.91. The first-order valence-electron chi connectivity index (χ1n) is 9.91. The van der Waals surface area contributed by atoms with Gasteiger partial charge in [-0.05, 0) is 38.3 Å². The van der Waals surface area contributed by atoms with Crippen LogP contribution in [-0.4, -0.2) is 20.9 Å². The Labute approximate surface area is 158 Å². The summed E-state index contributed by atoms with van der Waals surface area (Å²) in [4.78, 5) is 12.1. The number of hydrogen-bond donors (Lipinski definition) is 1. The van der Waals surface area contributed by atoms with Gasteiger partial charge in [-0.3, -0.25) is 4.79 Å². The van der Waals surface area contributed by atoms with Crippen molar-refractivity contribution in [1.82, 2.24) is 15.0 Å². The number of anilines is 1. The van der Waals surface area contributed by atoms with Crippen molar-refractivity contribution in [2.24, 2.45) is 0 Å². The maximum atomic E-state index is 12.1. The van der Waals surface area contributed by atoms with E-state index in [0.717, 1.165) is 17.1 Å². The van der Waals surface area contributed by atoms with Crippen LogP contribution in [0, 0.1) is 6.92 Å². The third-order valence-electron chi connectivity index (χ3n) is 4.40. The van der Waals surface area contributed by atoms with Crippen LogP contribution >= 0.6 is 0 Å². The number of carbonyl (C=O) groups excluding carboxylic acids is 1. The number of rotatable bonds is 5. The molecule has 5 nitrogen and oxygen atoms in total. The largest absolute Gasteiger partial charge is 0.326 e. The lowest BCUT2D eigenvalue weighted by molar-refractivity contribution is -0.116. The molecule has 0 unspecified atom stereocenters. The molecule has 1 atom stereocenters. The fourth-order valence-corrected chi connectivity index (χ4v) is 2.89. The smallest absolute Gasteiger partial charge is 0.225 e. The molecule has 0 aliphatic heterocycles. The van der Waals surface area contributed by atoms with Gasteiger partial charge in [-0.1, -0.05) is 58.0 Å². The minimum Gasteiger partial charge on any atom is -0.326 e. The molecule has 1 heterocycles. The normalized spacial score (nSPS) is 14.1. The molecule has 5 heteroatoms. The summed E-state index contributed by atoms with van der Waals surface area (Å²) >= 11 is 0. The Balaban J connectivity index is 0.000000791. The van der Waals surface area contributed by atoms with Crippen LogP contribution in [0.2, 0.25) is 0 Å². The molecule has 1 amide bonds. The molecule has 0 spiro atoms. The first-order valence-corrected chi connectivity index (χ1v) is 9.91. The zero-order valence-corrected chi connectivity index (χ0v) is 17.1. The van der Waals surface area contributed by atoms with Gasteiger partial charge in [0.15, 0.2) is 0 Å². The predicted molar refractivity (Wildman–Crippen MR) is 108 cm³/mol. The number of nitrogens with zero attached hydrogens (tertiary/aromatic N) is 3. The molecular weight excluding hydrogens is 324 g/mol. The van der Waals surface area contributed by atoms with Crippen LogP contribution in [-0.2, 0) is 4.79 Å². The minimum absolute atomic E-state index is 0.0105. The average molecular weight is 359 g/mol. The van der Waals surface area contributed by atoms with E-state index in [9.17, 15) is 4.79 Å². The van der Waals surface area contributed by atoms with E-state index in [2.05, 4.69) is 22.6 Å².